The van der Waals surface area contributed by atoms with Gasteiger partial charge in [-0.1, -0.05) is 0 Å². The Bertz CT molecular complexity index is 889. The van der Waals surface area contributed by atoms with Crippen molar-refractivity contribution in [1.29, 1.82) is 0 Å². The first-order valence-electron chi connectivity index (χ1n) is 8.18. The summed E-state index contributed by atoms with van der Waals surface area (Å²) in [5.41, 5.74) is 2.32. The van der Waals surface area contributed by atoms with Crippen LogP contribution in [-0.2, 0) is 0 Å². The molecule has 8 heteroatoms. The molecule has 0 atom stereocenters. The van der Waals surface area contributed by atoms with Gasteiger partial charge in [-0.15, -0.1) is 10.2 Å². The zero-order valence-electron chi connectivity index (χ0n) is 14.5. The van der Waals surface area contributed by atoms with Gasteiger partial charge in [0.2, 0.25) is 0 Å². The molecule has 0 aliphatic heterocycles. The van der Waals surface area contributed by atoms with E-state index in [4.69, 9.17) is 0 Å². The Balaban J connectivity index is 1.48. The van der Waals surface area contributed by atoms with E-state index in [-0.39, 0.29) is 11.7 Å². The molecule has 0 aliphatic rings. The van der Waals surface area contributed by atoms with Crippen LogP contribution in [0, 0.1) is 19.7 Å². The van der Waals surface area contributed by atoms with Crippen molar-refractivity contribution < 1.29 is 9.18 Å². The Kier molecular flexibility index (Phi) is 5.21. The quantitative estimate of drug-likeness (QED) is 0.663. The van der Waals surface area contributed by atoms with Gasteiger partial charge in [-0.2, -0.15) is 5.10 Å². The molecule has 0 radical (unpaired) electrons. The van der Waals surface area contributed by atoms with Crippen molar-refractivity contribution in [1.82, 2.24) is 25.3 Å². The van der Waals surface area contributed by atoms with Crippen LogP contribution in [0.3, 0.4) is 0 Å². The molecule has 0 saturated carbocycles. The third kappa shape index (κ3) is 4.21. The number of amides is 1. The monoisotopic (exact) mass is 354 g/mol. The van der Waals surface area contributed by atoms with Crippen LogP contribution in [0.4, 0.5) is 10.2 Å². The van der Waals surface area contributed by atoms with Gasteiger partial charge in [0.1, 0.15) is 11.6 Å². The lowest BCUT2D eigenvalue weighted by Crippen LogP contribution is -2.28. The molecule has 7 nitrogen and oxygen atoms in total. The van der Waals surface area contributed by atoms with Crippen LogP contribution in [0.1, 0.15) is 21.7 Å². The number of hydrogen-bond acceptors (Lipinski definition) is 5. The molecule has 2 aromatic heterocycles. The van der Waals surface area contributed by atoms with E-state index < -0.39 is 0 Å². The summed E-state index contributed by atoms with van der Waals surface area (Å²) in [6.45, 7) is 4.77. The lowest BCUT2D eigenvalue weighted by molar-refractivity contribution is 0.0955. The van der Waals surface area contributed by atoms with E-state index in [9.17, 15) is 9.18 Å². The molecule has 0 fully saturated rings. The molecule has 0 bridgehead atoms. The van der Waals surface area contributed by atoms with Crippen molar-refractivity contribution >= 4 is 11.7 Å². The van der Waals surface area contributed by atoms with Gasteiger partial charge in [-0.05, 0) is 56.3 Å². The second-order valence-corrected chi connectivity index (χ2v) is 5.81. The van der Waals surface area contributed by atoms with Gasteiger partial charge in [-0.25, -0.2) is 9.07 Å². The maximum atomic E-state index is 12.8. The van der Waals surface area contributed by atoms with E-state index in [0.29, 0.717) is 30.3 Å². The molecule has 0 aliphatic carbocycles. The molecule has 1 amide bonds. The number of carbonyl (C=O) groups excluding carboxylic acids is 1. The van der Waals surface area contributed by atoms with Crippen molar-refractivity contribution in [3.63, 3.8) is 0 Å². The minimum atomic E-state index is -0.370. The fraction of sp³-hybridized carbons (Fsp3) is 0.222. The number of aryl methyl sites for hydroxylation is 2. The Morgan fingerprint density at radius 1 is 1.08 bits per heavy atom. The summed E-state index contributed by atoms with van der Waals surface area (Å²) in [6.07, 6.45) is 0. The second-order valence-electron chi connectivity index (χ2n) is 5.81. The standard InChI is InChI=1S/C18H19FN6O/c1-12-11-13(2)25(24-12)17-8-7-16(22-23-17)20-9-10-21-18(26)14-3-5-15(19)6-4-14/h3-8,11H,9-10H2,1-2H3,(H,20,22)(H,21,26). The van der Waals surface area contributed by atoms with E-state index in [0.717, 1.165) is 11.4 Å². The summed E-state index contributed by atoms with van der Waals surface area (Å²) in [7, 11) is 0. The van der Waals surface area contributed by atoms with Gasteiger partial charge in [0.25, 0.3) is 5.91 Å². The van der Waals surface area contributed by atoms with Crippen molar-refractivity contribution in [2.75, 3.05) is 18.4 Å². The molecule has 2 heterocycles. The third-order valence-electron chi connectivity index (χ3n) is 3.70. The van der Waals surface area contributed by atoms with Crippen LogP contribution < -0.4 is 10.6 Å². The number of aromatic nitrogens is 4. The topological polar surface area (TPSA) is 84.7 Å². The minimum Gasteiger partial charge on any atom is -0.367 e. The minimum absolute atomic E-state index is 0.252. The Labute approximate surface area is 150 Å². The average molecular weight is 354 g/mol. The molecule has 0 saturated heterocycles. The van der Waals surface area contributed by atoms with Gasteiger partial charge < -0.3 is 10.6 Å². The maximum absolute atomic E-state index is 12.8. The Morgan fingerprint density at radius 3 is 2.46 bits per heavy atom. The van der Waals surface area contributed by atoms with Crippen LogP contribution in [0.25, 0.3) is 5.82 Å². The summed E-state index contributed by atoms with van der Waals surface area (Å²) in [6, 6.07) is 11.0. The summed E-state index contributed by atoms with van der Waals surface area (Å²) in [4.78, 5) is 11.9. The summed E-state index contributed by atoms with van der Waals surface area (Å²) >= 11 is 0. The predicted molar refractivity (Wildman–Crippen MR) is 95.9 cm³/mol. The number of anilines is 1. The zero-order valence-corrected chi connectivity index (χ0v) is 14.5. The molecule has 1 aromatic carbocycles. The third-order valence-corrected chi connectivity index (χ3v) is 3.70. The van der Waals surface area contributed by atoms with Crippen LogP contribution >= 0.6 is 0 Å². The van der Waals surface area contributed by atoms with Crippen LogP contribution in [0.5, 0.6) is 0 Å². The lowest BCUT2D eigenvalue weighted by atomic mass is 10.2. The zero-order chi connectivity index (χ0) is 18.5. The molecule has 134 valence electrons. The second kappa shape index (κ2) is 7.73. The van der Waals surface area contributed by atoms with Gasteiger partial charge in [0.05, 0.1) is 5.69 Å². The van der Waals surface area contributed by atoms with Gasteiger partial charge in [0.15, 0.2) is 5.82 Å². The van der Waals surface area contributed by atoms with E-state index in [2.05, 4.69) is 25.9 Å². The van der Waals surface area contributed by atoms with Crippen molar-refractivity contribution in [2.45, 2.75) is 13.8 Å². The molecular weight excluding hydrogens is 335 g/mol. The largest absolute Gasteiger partial charge is 0.367 e. The van der Waals surface area contributed by atoms with E-state index >= 15 is 0 Å². The highest BCUT2D eigenvalue weighted by atomic mass is 19.1. The van der Waals surface area contributed by atoms with E-state index in [1.807, 2.05) is 26.0 Å². The first-order chi connectivity index (χ1) is 12.5. The number of halogens is 1. The number of benzene rings is 1. The van der Waals surface area contributed by atoms with Crippen molar-refractivity contribution in [3.05, 3.63) is 65.2 Å². The Morgan fingerprint density at radius 2 is 1.85 bits per heavy atom. The molecular formula is C18H19FN6O. The average Bonchev–Trinajstić information content (AvgIpc) is 2.98. The first-order valence-corrected chi connectivity index (χ1v) is 8.18. The number of carbonyl (C=O) groups is 1. The summed E-state index contributed by atoms with van der Waals surface area (Å²) in [5.74, 6) is 0.625. The van der Waals surface area contributed by atoms with Crippen LogP contribution in [-0.4, -0.2) is 39.0 Å². The highest BCUT2D eigenvalue weighted by molar-refractivity contribution is 5.94. The first kappa shape index (κ1) is 17.5. The van der Waals surface area contributed by atoms with Gasteiger partial charge in [-0.3, -0.25) is 4.79 Å². The van der Waals surface area contributed by atoms with Crippen LogP contribution in [0.2, 0.25) is 0 Å². The Hall–Kier alpha value is -3.29. The van der Waals surface area contributed by atoms with Gasteiger partial charge >= 0.3 is 0 Å². The highest BCUT2D eigenvalue weighted by Crippen LogP contribution is 2.10. The SMILES string of the molecule is Cc1cc(C)n(-c2ccc(NCCNC(=O)c3ccc(F)cc3)nn2)n1. The van der Waals surface area contributed by atoms with Gasteiger partial charge in [0, 0.05) is 24.3 Å². The fourth-order valence-corrected chi connectivity index (χ4v) is 2.46. The smallest absolute Gasteiger partial charge is 0.251 e. The summed E-state index contributed by atoms with van der Waals surface area (Å²) < 4.78 is 14.6. The number of nitrogens with one attached hydrogen (secondary N) is 2. The highest BCUT2D eigenvalue weighted by Gasteiger charge is 2.07. The normalized spacial score (nSPS) is 10.6. The maximum Gasteiger partial charge on any atom is 0.251 e. The van der Waals surface area contributed by atoms with E-state index in [1.54, 1.807) is 10.7 Å². The number of nitrogens with zero attached hydrogens (tertiary/aromatic N) is 4. The molecule has 3 rings (SSSR count). The molecule has 3 aromatic rings. The molecule has 0 spiro atoms. The number of rotatable bonds is 6. The fourth-order valence-electron chi connectivity index (χ4n) is 2.46. The predicted octanol–water partition coefficient (Wildman–Crippen LogP) is 2.26. The number of hydrogen-bond donors (Lipinski definition) is 2. The molecule has 26 heavy (non-hydrogen) atoms. The van der Waals surface area contributed by atoms with Crippen molar-refractivity contribution in [2.24, 2.45) is 0 Å². The molecule has 0 unspecified atom stereocenters. The van der Waals surface area contributed by atoms with Crippen LogP contribution in [0.15, 0.2) is 42.5 Å². The lowest BCUT2D eigenvalue weighted by Gasteiger charge is -2.08. The van der Waals surface area contributed by atoms with Crippen molar-refractivity contribution in [3.8, 4) is 5.82 Å². The summed E-state index contributed by atoms with van der Waals surface area (Å²) in [5, 5.41) is 18.5. The van der Waals surface area contributed by atoms with E-state index in [1.165, 1.54) is 24.3 Å². The molecule has 2 N–H and O–H groups in total.